The van der Waals surface area contributed by atoms with Crippen LogP contribution in [0.5, 0.6) is 0 Å². The Hall–Kier alpha value is -4.09. The molecule has 1 aliphatic rings. The monoisotopic (exact) mass is 492 g/mol. The zero-order valence-corrected chi connectivity index (χ0v) is 20.3. The minimum atomic E-state index is -0.280. The molecule has 36 heavy (non-hydrogen) atoms. The lowest BCUT2D eigenvalue weighted by Crippen LogP contribution is -2.21. The van der Waals surface area contributed by atoms with E-state index in [4.69, 9.17) is 26.7 Å². The van der Waals surface area contributed by atoms with Gasteiger partial charge in [0.2, 0.25) is 5.95 Å². The van der Waals surface area contributed by atoms with Crippen LogP contribution in [0.1, 0.15) is 29.2 Å². The summed E-state index contributed by atoms with van der Waals surface area (Å²) in [7, 11) is 0. The van der Waals surface area contributed by atoms with Crippen molar-refractivity contribution in [1.29, 1.82) is 0 Å². The number of anilines is 1. The van der Waals surface area contributed by atoms with Gasteiger partial charge in [-0.15, -0.1) is 0 Å². The fraction of sp³-hybridized carbons (Fsp3) is 0.100. The standard InChI is InChI=1S/C30H22ClFN4/c1-19-6-4-7-21(16-19)27-18-28(22-8-5-9-24(32)17-22)36(35-27)30-33-26-11-3-2-10-25(26)29(34-30)20-12-14-23(31)15-13-20/h2-17,28H,18H2,1H3. The van der Waals surface area contributed by atoms with E-state index in [1.165, 1.54) is 6.07 Å². The maximum atomic E-state index is 14.3. The van der Waals surface area contributed by atoms with Crippen LogP contribution in [0.2, 0.25) is 5.02 Å². The maximum Gasteiger partial charge on any atom is 0.247 e. The largest absolute Gasteiger partial charge is 0.247 e. The fourth-order valence-electron chi connectivity index (χ4n) is 4.66. The van der Waals surface area contributed by atoms with Gasteiger partial charge in [-0.05, 0) is 48.4 Å². The Labute approximate surface area is 213 Å². The number of aryl methyl sites for hydroxylation is 1. The predicted molar refractivity (Wildman–Crippen MR) is 144 cm³/mol. The van der Waals surface area contributed by atoms with Crippen LogP contribution in [-0.2, 0) is 0 Å². The Kier molecular flexibility index (Phi) is 5.70. The number of hydrazone groups is 1. The first-order valence-electron chi connectivity index (χ1n) is 11.8. The Morgan fingerprint density at radius 3 is 2.44 bits per heavy atom. The van der Waals surface area contributed by atoms with Gasteiger partial charge in [-0.25, -0.2) is 19.4 Å². The third-order valence-electron chi connectivity index (χ3n) is 6.41. The van der Waals surface area contributed by atoms with E-state index in [0.717, 1.165) is 44.6 Å². The number of halogens is 2. The summed E-state index contributed by atoms with van der Waals surface area (Å²) in [5.41, 5.74) is 6.47. The third-order valence-corrected chi connectivity index (χ3v) is 6.66. The van der Waals surface area contributed by atoms with E-state index in [1.54, 1.807) is 12.1 Å². The highest BCUT2D eigenvalue weighted by Crippen LogP contribution is 2.38. The average Bonchev–Trinajstić information content (AvgIpc) is 3.34. The van der Waals surface area contributed by atoms with Crippen LogP contribution in [0.4, 0.5) is 10.3 Å². The second-order valence-corrected chi connectivity index (χ2v) is 9.37. The highest BCUT2D eigenvalue weighted by Gasteiger charge is 2.32. The molecule has 0 N–H and O–H groups in total. The van der Waals surface area contributed by atoms with Crippen molar-refractivity contribution in [2.24, 2.45) is 5.10 Å². The molecule has 0 saturated heterocycles. The summed E-state index contributed by atoms with van der Waals surface area (Å²) < 4.78 is 14.3. The lowest BCUT2D eigenvalue weighted by Gasteiger charge is -2.23. The van der Waals surface area contributed by atoms with E-state index >= 15 is 0 Å². The second kappa shape index (κ2) is 9.17. The molecule has 1 aromatic heterocycles. The van der Waals surface area contributed by atoms with Crippen molar-refractivity contribution in [2.75, 3.05) is 5.01 Å². The van der Waals surface area contributed by atoms with Crippen molar-refractivity contribution < 1.29 is 4.39 Å². The van der Waals surface area contributed by atoms with Crippen molar-refractivity contribution in [2.45, 2.75) is 19.4 Å². The van der Waals surface area contributed by atoms with E-state index < -0.39 is 0 Å². The molecule has 0 spiro atoms. The number of fused-ring (bicyclic) bond motifs is 1. The number of aromatic nitrogens is 2. The number of rotatable bonds is 4. The average molecular weight is 493 g/mol. The molecule has 0 aliphatic carbocycles. The maximum absolute atomic E-state index is 14.3. The first kappa shape index (κ1) is 22.4. The molecule has 1 aliphatic heterocycles. The molecular weight excluding hydrogens is 471 g/mol. The van der Waals surface area contributed by atoms with Crippen LogP contribution in [0.15, 0.2) is 102 Å². The molecule has 0 fully saturated rings. The molecule has 4 nitrogen and oxygen atoms in total. The van der Waals surface area contributed by atoms with E-state index in [2.05, 4.69) is 25.1 Å². The second-order valence-electron chi connectivity index (χ2n) is 8.93. The van der Waals surface area contributed by atoms with Crippen molar-refractivity contribution in [3.8, 4) is 11.3 Å². The number of hydrogen-bond acceptors (Lipinski definition) is 4. The predicted octanol–water partition coefficient (Wildman–Crippen LogP) is 7.75. The van der Waals surface area contributed by atoms with Crippen LogP contribution >= 0.6 is 11.6 Å². The molecule has 6 rings (SSSR count). The van der Waals surface area contributed by atoms with Crippen molar-refractivity contribution in [1.82, 2.24) is 9.97 Å². The Morgan fingerprint density at radius 1 is 0.833 bits per heavy atom. The molecule has 0 radical (unpaired) electrons. The number of hydrogen-bond donors (Lipinski definition) is 0. The third kappa shape index (κ3) is 4.23. The Bertz CT molecular complexity index is 1610. The van der Waals surface area contributed by atoms with E-state index in [1.807, 2.05) is 65.7 Å². The molecule has 176 valence electrons. The van der Waals surface area contributed by atoms with Crippen molar-refractivity contribution >= 4 is 34.2 Å². The Balaban J connectivity index is 1.53. The Morgan fingerprint density at radius 2 is 1.64 bits per heavy atom. The molecule has 1 atom stereocenters. The minimum absolute atomic E-state index is 0.240. The summed E-state index contributed by atoms with van der Waals surface area (Å²) in [6.07, 6.45) is 0.610. The fourth-order valence-corrected chi connectivity index (χ4v) is 4.79. The summed E-state index contributed by atoms with van der Waals surface area (Å²) in [4.78, 5) is 9.89. The van der Waals surface area contributed by atoms with Gasteiger partial charge in [0.15, 0.2) is 0 Å². The van der Waals surface area contributed by atoms with Crippen LogP contribution in [0.25, 0.3) is 22.2 Å². The normalized spacial score (nSPS) is 15.4. The summed E-state index contributed by atoms with van der Waals surface area (Å²) in [5.74, 6) is 0.188. The van der Waals surface area contributed by atoms with Gasteiger partial charge in [0.05, 0.1) is 23.0 Å². The summed E-state index contributed by atoms with van der Waals surface area (Å²) >= 11 is 6.15. The van der Waals surface area contributed by atoms with Gasteiger partial charge in [0.1, 0.15) is 5.82 Å². The van der Waals surface area contributed by atoms with Gasteiger partial charge >= 0.3 is 0 Å². The number of benzene rings is 4. The first-order chi connectivity index (χ1) is 17.5. The number of para-hydroxylation sites is 1. The zero-order valence-electron chi connectivity index (χ0n) is 19.6. The van der Waals surface area contributed by atoms with Crippen LogP contribution in [0.3, 0.4) is 0 Å². The molecule has 6 heteroatoms. The lowest BCUT2D eigenvalue weighted by atomic mass is 9.97. The molecule has 1 unspecified atom stereocenters. The molecule has 5 aromatic rings. The van der Waals surface area contributed by atoms with Crippen LogP contribution < -0.4 is 5.01 Å². The van der Waals surface area contributed by atoms with Gasteiger partial charge in [-0.3, -0.25) is 0 Å². The molecule has 0 bridgehead atoms. The van der Waals surface area contributed by atoms with Gasteiger partial charge in [0, 0.05) is 22.4 Å². The van der Waals surface area contributed by atoms with Gasteiger partial charge in [-0.1, -0.05) is 83.9 Å². The van der Waals surface area contributed by atoms with Crippen molar-refractivity contribution in [3.05, 3.63) is 125 Å². The first-order valence-corrected chi connectivity index (χ1v) is 12.1. The lowest BCUT2D eigenvalue weighted by molar-refractivity contribution is 0.616. The molecule has 0 saturated carbocycles. The van der Waals surface area contributed by atoms with Gasteiger partial charge < -0.3 is 0 Å². The highest BCUT2D eigenvalue weighted by atomic mass is 35.5. The van der Waals surface area contributed by atoms with Gasteiger partial charge in [-0.2, -0.15) is 5.10 Å². The highest BCUT2D eigenvalue weighted by molar-refractivity contribution is 6.30. The summed E-state index contributed by atoms with van der Waals surface area (Å²) in [6.45, 7) is 2.06. The molecule has 0 amide bonds. The van der Waals surface area contributed by atoms with Crippen LogP contribution in [0, 0.1) is 12.7 Å². The van der Waals surface area contributed by atoms with Gasteiger partial charge in [0.25, 0.3) is 0 Å². The van der Waals surface area contributed by atoms with E-state index in [9.17, 15) is 4.39 Å². The smallest absolute Gasteiger partial charge is 0.223 e. The quantitative estimate of drug-likeness (QED) is 0.257. The topological polar surface area (TPSA) is 41.4 Å². The SMILES string of the molecule is Cc1cccc(C2=NN(c3nc(-c4ccc(Cl)cc4)c4ccccc4n3)C(c3cccc(F)c3)C2)c1. The minimum Gasteiger partial charge on any atom is -0.223 e. The van der Waals surface area contributed by atoms with Crippen molar-refractivity contribution in [3.63, 3.8) is 0 Å². The van der Waals surface area contributed by atoms with Crippen LogP contribution in [-0.4, -0.2) is 15.7 Å². The summed E-state index contributed by atoms with van der Waals surface area (Å²) in [6, 6.07) is 30.2. The van der Waals surface area contributed by atoms with E-state index in [0.29, 0.717) is 17.4 Å². The zero-order chi connectivity index (χ0) is 24.6. The van der Waals surface area contributed by atoms with E-state index in [-0.39, 0.29) is 11.9 Å². The number of nitrogens with zero attached hydrogens (tertiary/aromatic N) is 4. The summed E-state index contributed by atoms with van der Waals surface area (Å²) in [5, 5.41) is 8.43. The molecular formula is C30H22ClFN4. The molecule has 2 heterocycles. The molecule has 4 aromatic carbocycles.